The Morgan fingerprint density at radius 3 is 1.83 bits per heavy atom. The molecule has 0 heterocycles. The summed E-state index contributed by atoms with van der Waals surface area (Å²) in [6.07, 6.45) is 17.8. The summed E-state index contributed by atoms with van der Waals surface area (Å²) in [6.45, 7) is 2.89. The van der Waals surface area contributed by atoms with Crippen LogP contribution in [0.4, 0.5) is 10.1 Å². The van der Waals surface area contributed by atoms with Crippen molar-refractivity contribution < 1.29 is 28.2 Å². The Morgan fingerprint density at radius 1 is 0.756 bits per heavy atom. The predicted molar refractivity (Wildman–Crippen MR) is 163 cm³/mol. The Balaban J connectivity index is 1.66. The molecule has 228 valence electrons. The van der Waals surface area contributed by atoms with Crippen molar-refractivity contribution in [2.24, 2.45) is 0 Å². The van der Waals surface area contributed by atoms with Crippen LogP contribution in [-0.4, -0.2) is 38.4 Å². The lowest BCUT2D eigenvalue weighted by atomic mass is 9.94. The molecule has 41 heavy (non-hydrogen) atoms. The lowest BCUT2D eigenvalue weighted by Gasteiger charge is -2.23. The van der Waals surface area contributed by atoms with Gasteiger partial charge in [0.2, 0.25) is 0 Å². The number of hydrogen-bond acceptors (Lipinski definition) is 5. The summed E-state index contributed by atoms with van der Waals surface area (Å²) in [7, 11) is 2.50. The van der Waals surface area contributed by atoms with Crippen LogP contribution < -0.4 is 14.8 Å². The standard InChI is InChI=1S/C34H50FNO5/c1-4-5-6-7-8-9-10-11-12-13-14-15-16-19-26-41-30-24-22-29(23-25-30)36-32(37)34(35,33(38)40-3)27-28-20-17-18-21-31(28)39-2/h17-18,20-25H,4-16,19,26-27H2,1-3H3,(H,36,37). The second-order valence-corrected chi connectivity index (χ2v) is 10.7. The average molecular weight is 572 g/mol. The smallest absolute Gasteiger partial charge is 0.353 e. The average Bonchev–Trinajstić information content (AvgIpc) is 2.99. The molecule has 0 aliphatic rings. The molecule has 0 aromatic heterocycles. The van der Waals surface area contributed by atoms with E-state index in [4.69, 9.17) is 9.47 Å². The van der Waals surface area contributed by atoms with E-state index in [0.29, 0.717) is 29.4 Å². The predicted octanol–water partition coefficient (Wildman–Crippen LogP) is 8.62. The van der Waals surface area contributed by atoms with Gasteiger partial charge in [0.25, 0.3) is 11.6 Å². The highest BCUT2D eigenvalue weighted by molar-refractivity contribution is 6.12. The normalized spacial score (nSPS) is 12.4. The van der Waals surface area contributed by atoms with Crippen LogP contribution in [0.5, 0.6) is 11.5 Å². The highest BCUT2D eigenvalue weighted by Gasteiger charge is 2.48. The van der Waals surface area contributed by atoms with E-state index in [1.165, 1.54) is 84.2 Å². The number of amides is 1. The fraction of sp³-hybridized carbons (Fsp3) is 0.588. The van der Waals surface area contributed by atoms with Crippen LogP contribution >= 0.6 is 0 Å². The highest BCUT2D eigenvalue weighted by Crippen LogP contribution is 2.28. The zero-order chi connectivity index (χ0) is 29.8. The number of nitrogens with one attached hydrogen (secondary N) is 1. The first kappa shape index (κ1) is 34.1. The molecule has 0 saturated heterocycles. The van der Waals surface area contributed by atoms with Crippen molar-refractivity contribution in [3.05, 3.63) is 54.1 Å². The summed E-state index contributed by atoms with van der Waals surface area (Å²) in [4.78, 5) is 25.2. The van der Waals surface area contributed by atoms with Crippen LogP contribution in [0.25, 0.3) is 0 Å². The van der Waals surface area contributed by atoms with Crippen molar-refractivity contribution in [3.8, 4) is 11.5 Å². The van der Waals surface area contributed by atoms with Crippen molar-refractivity contribution in [2.75, 3.05) is 26.1 Å². The summed E-state index contributed by atoms with van der Waals surface area (Å²) >= 11 is 0. The molecule has 2 aromatic carbocycles. The first-order valence-corrected chi connectivity index (χ1v) is 15.4. The number of benzene rings is 2. The van der Waals surface area contributed by atoms with Crippen LogP contribution in [-0.2, 0) is 20.7 Å². The molecule has 1 atom stereocenters. The van der Waals surface area contributed by atoms with E-state index in [0.717, 1.165) is 20.0 Å². The molecule has 1 N–H and O–H groups in total. The number of ether oxygens (including phenoxy) is 3. The van der Waals surface area contributed by atoms with Crippen LogP contribution in [0.3, 0.4) is 0 Å². The number of carbonyl (C=O) groups excluding carboxylic acids is 2. The van der Waals surface area contributed by atoms with Gasteiger partial charge in [-0.15, -0.1) is 0 Å². The van der Waals surface area contributed by atoms with E-state index >= 15 is 4.39 Å². The molecule has 2 aromatic rings. The first-order valence-electron chi connectivity index (χ1n) is 15.4. The number of carbonyl (C=O) groups is 2. The van der Waals surface area contributed by atoms with Gasteiger partial charge in [-0.1, -0.05) is 109 Å². The second kappa shape index (κ2) is 19.9. The van der Waals surface area contributed by atoms with Crippen LogP contribution in [0, 0.1) is 0 Å². The third-order valence-corrected chi connectivity index (χ3v) is 7.37. The quantitative estimate of drug-likeness (QED) is 0.0870. The number of unbranched alkanes of at least 4 members (excludes halogenated alkanes) is 13. The van der Waals surface area contributed by atoms with Crippen LogP contribution in [0.15, 0.2) is 48.5 Å². The molecule has 0 spiro atoms. The summed E-state index contributed by atoms with van der Waals surface area (Å²) in [5.74, 6) is -1.32. The minimum atomic E-state index is -2.92. The zero-order valence-corrected chi connectivity index (χ0v) is 25.4. The van der Waals surface area contributed by atoms with Gasteiger partial charge < -0.3 is 19.5 Å². The Morgan fingerprint density at radius 2 is 1.29 bits per heavy atom. The molecule has 0 bridgehead atoms. The number of para-hydroxylation sites is 1. The number of halogens is 1. The SMILES string of the molecule is CCCCCCCCCCCCCCCCOc1ccc(NC(=O)C(F)(Cc2ccccc2OC)C(=O)OC)cc1. The summed E-state index contributed by atoms with van der Waals surface area (Å²) in [5.41, 5.74) is -2.19. The summed E-state index contributed by atoms with van der Waals surface area (Å²) < 4.78 is 31.5. The maximum Gasteiger partial charge on any atom is 0.353 e. The first-order chi connectivity index (χ1) is 19.9. The van der Waals surface area contributed by atoms with Crippen molar-refractivity contribution in [1.29, 1.82) is 0 Å². The van der Waals surface area contributed by atoms with E-state index < -0.39 is 24.0 Å². The maximum atomic E-state index is 15.8. The molecular weight excluding hydrogens is 521 g/mol. The van der Waals surface area contributed by atoms with E-state index in [-0.39, 0.29) is 0 Å². The minimum absolute atomic E-state index is 0.352. The minimum Gasteiger partial charge on any atom is -0.496 e. The van der Waals surface area contributed by atoms with Crippen LogP contribution in [0.2, 0.25) is 0 Å². The van der Waals surface area contributed by atoms with E-state index in [1.54, 1.807) is 48.5 Å². The van der Waals surface area contributed by atoms with Gasteiger partial charge in [0.05, 0.1) is 20.8 Å². The molecule has 7 heteroatoms. The molecule has 1 amide bonds. The Kier molecular flexibility index (Phi) is 16.6. The number of anilines is 1. The van der Waals surface area contributed by atoms with Gasteiger partial charge in [0.15, 0.2) is 0 Å². The lowest BCUT2D eigenvalue weighted by molar-refractivity contribution is -0.159. The van der Waals surface area contributed by atoms with Gasteiger partial charge in [0, 0.05) is 12.1 Å². The number of esters is 1. The Hall–Kier alpha value is -3.09. The van der Waals surface area contributed by atoms with Crippen molar-refractivity contribution in [1.82, 2.24) is 0 Å². The van der Waals surface area contributed by atoms with Crippen molar-refractivity contribution in [3.63, 3.8) is 0 Å². The highest BCUT2D eigenvalue weighted by atomic mass is 19.1. The van der Waals surface area contributed by atoms with Crippen LogP contribution in [0.1, 0.15) is 102 Å². The summed E-state index contributed by atoms with van der Waals surface area (Å²) in [6, 6.07) is 13.3. The van der Waals surface area contributed by atoms with E-state index in [1.807, 2.05) is 0 Å². The monoisotopic (exact) mass is 571 g/mol. The third-order valence-electron chi connectivity index (χ3n) is 7.37. The molecule has 0 fully saturated rings. The number of rotatable bonds is 22. The fourth-order valence-electron chi connectivity index (χ4n) is 4.87. The van der Waals surface area contributed by atoms with Crippen molar-refractivity contribution in [2.45, 2.75) is 109 Å². The maximum absolute atomic E-state index is 15.8. The van der Waals surface area contributed by atoms with Gasteiger partial charge in [-0.2, -0.15) is 0 Å². The van der Waals surface area contributed by atoms with E-state index in [9.17, 15) is 9.59 Å². The molecule has 1 unspecified atom stereocenters. The van der Waals surface area contributed by atoms with Crippen molar-refractivity contribution >= 4 is 17.6 Å². The second-order valence-electron chi connectivity index (χ2n) is 10.7. The Bertz CT molecular complexity index is 1010. The number of hydrogen-bond donors (Lipinski definition) is 1. The fourth-order valence-corrected chi connectivity index (χ4v) is 4.87. The zero-order valence-electron chi connectivity index (χ0n) is 25.4. The van der Waals surface area contributed by atoms with Gasteiger partial charge in [-0.05, 0) is 42.3 Å². The molecule has 0 radical (unpaired) electrons. The third kappa shape index (κ3) is 12.5. The topological polar surface area (TPSA) is 73.9 Å². The molecule has 2 rings (SSSR count). The molecule has 6 nitrogen and oxygen atoms in total. The van der Waals surface area contributed by atoms with Gasteiger partial charge in [-0.25, -0.2) is 9.18 Å². The van der Waals surface area contributed by atoms with E-state index in [2.05, 4.69) is 17.0 Å². The molecule has 0 saturated carbocycles. The number of alkyl halides is 1. The van der Waals surface area contributed by atoms with Gasteiger partial charge in [-0.3, -0.25) is 4.79 Å². The largest absolute Gasteiger partial charge is 0.496 e. The summed E-state index contributed by atoms with van der Waals surface area (Å²) in [5, 5.41) is 2.49. The Labute approximate surface area is 246 Å². The van der Waals surface area contributed by atoms with Gasteiger partial charge >= 0.3 is 5.97 Å². The molecule has 0 aliphatic carbocycles. The number of methoxy groups -OCH3 is 2. The molecular formula is C34H50FNO5. The lowest BCUT2D eigenvalue weighted by Crippen LogP contribution is -2.48. The molecule has 0 aliphatic heterocycles. The van der Waals surface area contributed by atoms with Gasteiger partial charge in [0.1, 0.15) is 11.5 Å².